The van der Waals surface area contributed by atoms with Crippen LogP contribution in [0.5, 0.6) is 0 Å². The first-order valence-corrected chi connectivity index (χ1v) is 9.83. The number of hydrogen-bond donors (Lipinski definition) is 3. The highest BCUT2D eigenvalue weighted by Gasteiger charge is 2.19. The highest BCUT2D eigenvalue weighted by atomic mass is 32.2. The van der Waals surface area contributed by atoms with Crippen molar-refractivity contribution in [1.82, 2.24) is 10.6 Å². The molecule has 3 N–H and O–H groups in total. The lowest BCUT2D eigenvalue weighted by atomic mass is 10.1. The molecule has 0 saturated carbocycles. The maximum Gasteiger partial charge on any atom is 0.261 e. The maximum atomic E-state index is 13.6. The zero-order chi connectivity index (χ0) is 18.6. The molecule has 1 atom stereocenters. The van der Waals surface area contributed by atoms with Crippen molar-refractivity contribution in [3.8, 4) is 0 Å². The molecule has 1 aliphatic rings. The first-order valence-electron chi connectivity index (χ1n) is 8.35. The van der Waals surface area contributed by atoms with E-state index < -0.39 is 15.8 Å². The summed E-state index contributed by atoms with van der Waals surface area (Å²) in [7, 11) is -3.94. The molecule has 3 rings (SSSR count). The predicted molar refractivity (Wildman–Crippen MR) is 97.0 cm³/mol. The van der Waals surface area contributed by atoms with Gasteiger partial charge in [0, 0.05) is 18.2 Å². The van der Waals surface area contributed by atoms with Crippen LogP contribution in [0, 0.1) is 5.82 Å². The topological polar surface area (TPSA) is 87.3 Å². The summed E-state index contributed by atoms with van der Waals surface area (Å²) in [6.45, 7) is 1.68. The maximum absolute atomic E-state index is 13.6. The lowest BCUT2D eigenvalue weighted by Crippen LogP contribution is -2.45. The smallest absolute Gasteiger partial charge is 0.261 e. The number of rotatable bonds is 5. The van der Waals surface area contributed by atoms with Gasteiger partial charge in [0.15, 0.2) is 0 Å². The standard InChI is InChI=1S/C18H20FN3O3S/c19-16-5-1-2-6-17(16)22-26(24,25)15-9-7-13(8-10-15)18(23)21-14-4-3-11-20-12-14/h1-2,5-10,14,20,22H,3-4,11-12H2,(H,21,23). The fourth-order valence-corrected chi connectivity index (χ4v) is 3.84. The Morgan fingerprint density at radius 2 is 1.85 bits per heavy atom. The minimum atomic E-state index is -3.94. The van der Waals surface area contributed by atoms with Gasteiger partial charge in [-0.05, 0) is 55.8 Å². The summed E-state index contributed by atoms with van der Waals surface area (Å²) in [6.07, 6.45) is 1.92. The van der Waals surface area contributed by atoms with Crippen LogP contribution in [0.15, 0.2) is 53.4 Å². The first-order chi connectivity index (χ1) is 12.5. The van der Waals surface area contributed by atoms with Gasteiger partial charge in [-0.3, -0.25) is 9.52 Å². The molecule has 2 aromatic carbocycles. The van der Waals surface area contributed by atoms with Crippen LogP contribution in [0.4, 0.5) is 10.1 Å². The number of benzene rings is 2. The van der Waals surface area contributed by atoms with Crippen LogP contribution in [0.3, 0.4) is 0 Å². The Morgan fingerprint density at radius 1 is 1.12 bits per heavy atom. The second-order valence-corrected chi connectivity index (χ2v) is 7.81. The Kier molecular flexibility index (Phi) is 5.53. The third-order valence-corrected chi connectivity index (χ3v) is 5.56. The molecule has 1 amide bonds. The van der Waals surface area contributed by atoms with Gasteiger partial charge < -0.3 is 10.6 Å². The second kappa shape index (κ2) is 7.84. The number of para-hydroxylation sites is 1. The Hall–Kier alpha value is -2.45. The van der Waals surface area contributed by atoms with E-state index in [-0.39, 0.29) is 22.5 Å². The van der Waals surface area contributed by atoms with Crippen molar-refractivity contribution >= 4 is 21.6 Å². The summed E-state index contributed by atoms with van der Waals surface area (Å²) in [5.41, 5.74) is 0.250. The number of carbonyl (C=O) groups excluding carboxylic acids is 1. The van der Waals surface area contributed by atoms with E-state index in [2.05, 4.69) is 15.4 Å². The van der Waals surface area contributed by atoms with Crippen molar-refractivity contribution in [2.24, 2.45) is 0 Å². The van der Waals surface area contributed by atoms with Gasteiger partial charge in [0.25, 0.3) is 15.9 Å². The molecule has 6 nitrogen and oxygen atoms in total. The van der Waals surface area contributed by atoms with E-state index in [1.54, 1.807) is 0 Å². The molecule has 0 aromatic heterocycles. The molecule has 1 aliphatic heterocycles. The molecule has 0 bridgehead atoms. The second-order valence-electron chi connectivity index (χ2n) is 6.13. The Balaban J connectivity index is 1.70. The number of nitrogens with one attached hydrogen (secondary N) is 3. The number of carbonyl (C=O) groups is 1. The van der Waals surface area contributed by atoms with E-state index in [0.717, 1.165) is 25.9 Å². The predicted octanol–water partition coefficient (Wildman–Crippen LogP) is 2.11. The largest absolute Gasteiger partial charge is 0.348 e. The molecule has 1 saturated heterocycles. The number of sulfonamides is 1. The normalized spacial score (nSPS) is 17.5. The van der Waals surface area contributed by atoms with Crippen molar-refractivity contribution < 1.29 is 17.6 Å². The monoisotopic (exact) mass is 377 g/mol. The zero-order valence-electron chi connectivity index (χ0n) is 14.0. The number of anilines is 1. The van der Waals surface area contributed by atoms with E-state index >= 15 is 0 Å². The summed E-state index contributed by atoms with van der Waals surface area (Å²) in [5.74, 6) is -0.905. The minimum Gasteiger partial charge on any atom is -0.348 e. The average Bonchev–Trinajstić information content (AvgIpc) is 2.64. The van der Waals surface area contributed by atoms with Gasteiger partial charge in [0.2, 0.25) is 0 Å². The molecular weight excluding hydrogens is 357 g/mol. The molecule has 0 aliphatic carbocycles. The summed E-state index contributed by atoms with van der Waals surface area (Å²) >= 11 is 0. The van der Waals surface area contributed by atoms with Crippen LogP contribution >= 0.6 is 0 Å². The van der Waals surface area contributed by atoms with E-state index in [1.165, 1.54) is 48.5 Å². The van der Waals surface area contributed by atoms with Crippen LogP contribution < -0.4 is 15.4 Å². The van der Waals surface area contributed by atoms with E-state index in [0.29, 0.717) is 5.56 Å². The molecule has 0 radical (unpaired) electrons. The SMILES string of the molecule is O=C(NC1CCCNC1)c1ccc(S(=O)(=O)Nc2ccccc2F)cc1. The Bertz CT molecular complexity index is 879. The van der Waals surface area contributed by atoms with Gasteiger partial charge in [-0.1, -0.05) is 12.1 Å². The molecule has 2 aromatic rings. The molecule has 1 unspecified atom stereocenters. The van der Waals surface area contributed by atoms with Crippen LogP contribution in [0.25, 0.3) is 0 Å². The fourth-order valence-electron chi connectivity index (χ4n) is 2.78. The van der Waals surface area contributed by atoms with Gasteiger partial charge in [-0.2, -0.15) is 0 Å². The Labute approximate surface area is 151 Å². The zero-order valence-corrected chi connectivity index (χ0v) is 14.9. The highest BCUT2D eigenvalue weighted by Crippen LogP contribution is 2.19. The minimum absolute atomic E-state index is 0.0448. The summed E-state index contributed by atoms with van der Waals surface area (Å²) in [6, 6.07) is 11.1. The molecular formula is C18H20FN3O3S. The van der Waals surface area contributed by atoms with Gasteiger partial charge in [-0.25, -0.2) is 12.8 Å². The fraction of sp³-hybridized carbons (Fsp3) is 0.278. The highest BCUT2D eigenvalue weighted by molar-refractivity contribution is 7.92. The van der Waals surface area contributed by atoms with Crippen molar-refractivity contribution in [2.75, 3.05) is 17.8 Å². The number of piperidine rings is 1. The number of amides is 1. The lowest BCUT2D eigenvalue weighted by molar-refractivity contribution is 0.0930. The molecule has 26 heavy (non-hydrogen) atoms. The first kappa shape index (κ1) is 18.3. The van der Waals surface area contributed by atoms with E-state index in [1.807, 2.05) is 0 Å². The van der Waals surface area contributed by atoms with E-state index in [4.69, 9.17) is 0 Å². The third kappa shape index (κ3) is 4.39. The van der Waals surface area contributed by atoms with Crippen molar-refractivity contribution in [3.05, 3.63) is 59.9 Å². The average molecular weight is 377 g/mol. The third-order valence-electron chi connectivity index (χ3n) is 4.18. The van der Waals surface area contributed by atoms with Crippen molar-refractivity contribution in [3.63, 3.8) is 0 Å². The lowest BCUT2D eigenvalue weighted by Gasteiger charge is -2.23. The number of halogens is 1. The summed E-state index contributed by atoms with van der Waals surface area (Å²) in [4.78, 5) is 12.2. The van der Waals surface area contributed by atoms with Crippen LogP contribution in [-0.2, 0) is 10.0 Å². The summed E-state index contributed by atoms with van der Waals surface area (Å²) in [5, 5.41) is 6.14. The van der Waals surface area contributed by atoms with Gasteiger partial charge in [0.1, 0.15) is 5.82 Å². The van der Waals surface area contributed by atoms with Gasteiger partial charge in [0.05, 0.1) is 10.6 Å². The van der Waals surface area contributed by atoms with Crippen LogP contribution in [-0.4, -0.2) is 33.5 Å². The molecule has 138 valence electrons. The molecule has 1 fully saturated rings. The van der Waals surface area contributed by atoms with Crippen molar-refractivity contribution in [1.29, 1.82) is 0 Å². The van der Waals surface area contributed by atoms with Gasteiger partial charge >= 0.3 is 0 Å². The Morgan fingerprint density at radius 3 is 2.50 bits per heavy atom. The van der Waals surface area contributed by atoms with Crippen molar-refractivity contribution in [2.45, 2.75) is 23.8 Å². The van der Waals surface area contributed by atoms with Gasteiger partial charge in [-0.15, -0.1) is 0 Å². The molecule has 8 heteroatoms. The quantitative estimate of drug-likeness (QED) is 0.745. The molecule has 0 spiro atoms. The molecule has 1 heterocycles. The summed E-state index contributed by atoms with van der Waals surface area (Å²) < 4.78 is 40.6. The van der Waals surface area contributed by atoms with E-state index in [9.17, 15) is 17.6 Å². The van der Waals surface area contributed by atoms with Crippen LogP contribution in [0.1, 0.15) is 23.2 Å². The number of hydrogen-bond acceptors (Lipinski definition) is 4. The van der Waals surface area contributed by atoms with Crippen LogP contribution in [0.2, 0.25) is 0 Å².